The van der Waals surface area contributed by atoms with Crippen LogP contribution in [-0.2, 0) is 15.3 Å². The van der Waals surface area contributed by atoms with Crippen LogP contribution in [0.5, 0.6) is 5.75 Å². The van der Waals surface area contributed by atoms with Crippen molar-refractivity contribution < 1.29 is 14.3 Å². The molecular formula is C16H25N3O3S. The molecule has 0 saturated heterocycles. The lowest BCUT2D eigenvalue weighted by Gasteiger charge is -2.33. The Morgan fingerprint density at radius 2 is 1.91 bits per heavy atom. The van der Waals surface area contributed by atoms with Crippen molar-refractivity contribution in [2.24, 2.45) is 11.7 Å². The van der Waals surface area contributed by atoms with E-state index in [0.717, 1.165) is 17.1 Å². The van der Waals surface area contributed by atoms with Crippen molar-refractivity contribution in [2.45, 2.75) is 18.2 Å². The molecular weight excluding hydrogens is 314 g/mol. The van der Waals surface area contributed by atoms with Crippen molar-refractivity contribution in [3.05, 3.63) is 29.8 Å². The standard InChI is InChI=1S/C16H25N3O3S/c1-16(19-3,15(17)21)13(14(20)18-2)10-23-9-11-5-7-12(22-4)8-6-11/h5-8,13,19H,9-10H2,1-4H3,(H2,17,21)(H,18,20)/t13-,16?/m0/s1. The highest BCUT2D eigenvalue weighted by Gasteiger charge is 2.42. The minimum atomic E-state index is -1.09. The molecule has 7 heteroatoms. The number of nitrogens with one attached hydrogen (secondary N) is 2. The molecule has 0 bridgehead atoms. The molecule has 1 aromatic carbocycles. The fourth-order valence-electron chi connectivity index (χ4n) is 2.16. The van der Waals surface area contributed by atoms with Crippen molar-refractivity contribution in [1.29, 1.82) is 0 Å². The van der Waals surface area contributed by atoms with Crippen LogP contribution in [0.1, 0.15) is 12.5 Å². The number of thioether (sulfide) groups is 1. The molecule has 0 aliphatic rings. The maximum absolute atomic E-state index is 12.2. The highest BCUT2D eigenvalue weighted by molar-refractivity contribution is 7.98. The monoisotopic (exact) mass is 339 g/mol. The molecule has 0 aliphatic carbocycles. The molecule has 128 valence electrons. The van der Waals surface area contributed by atoms with Crippen LogP contribution in [0, 0.1) is 5.92 Å². The van der Waals surface area contributed by atoms with Gasteiger partial charge in [0.25, 0.3) is 0 Å². The fourth-order valence-corrected chi connectivity index (χ4v) is 3.43. The third-order valence-corrected chi connectivity index (χ3v) is 5.11. The smallest absolute Gasteiger partial charge is 0.238 e. The number of carbonyl (C=O) groups excluding carboxylic acids is 2. The van der Waals surface area contributed by atoms with Gasteiger partial charge >= 0.3 is 0 Å². The average molecular weight is 339 g/mol. The fraction of sp³-hybridized carbons (Fsp3) is 0.500. The van der Waals surface area contributed by atoms with E-state index in [1.165, 1.54) is 0 Å². The van der Waals surface area contributed by atoms with Crippen LogP contribution in [0.3, 0.4) is 0 Å². The lowest BCUT2D eigenvalue weighted by molar-refractivity contribution is -0.134. The van der Waals surface area contributed by atoms with Gasteiger partial charge in [0, 0.05) is 18.6 Å². The Kier molecular flexibility index (Phi) is 7.38. The lowest BCUT2D eigenvalue weighted by atomic mass is 9.85. The van der Waals surface area contributed by atoms with E-state index in [1.807, 2.05) is 24.3 Å². The summed E-state index contributed by atoms with van der Waals surface area (Å²) in [4.78, 5) is 23.9. The Morgan fingerprint density at radius 1 is 1.30 bits per heavy atom. The van der Waals surface area contributed by atoms with Gasteiger partial charge in [0.1, 0.15) is 11.3 Å². The number of carbonyl (C=O) groups is 2. The molecule has 1 rings (SSSR count). The molecule has 0 aliphatic heterocycles. The second kappa shape index (κ2) is 8.79. The van der Waals surface area contributed by atoms with E-state index in [2.05, 4.69) is 10.6 Å². The number of likely N-dealkylation sites (N-methyl/N-ethyl adjacent to an activating group) is 1. The number of methoxy groups -OCH3 is 1. The zero-order chi connectivity index (χ0) is 17.5. The number of amides is 2. The van der Waals surface area contributed by atoms with Crippen LogP contribution in [0.15, 0.2) is 24.3 Å². The zero-order valence-electron chi connectivity index (χ0n) is 14.0. The van der Waals surface area contributed by atoms with E-state index in [9.17, 15) is 9.59 Å². The second-order valence-corrected chi connectivity index (χ2v) is 6.38. The Balaban J connectivity index is 2.74. The van der Waals surface area contributed by atoms with Crippen LogP contribution in [-0.4, -0.2) is 44.3 Å². The van der Waals surface area contributed by atoms with E-state index in [-0.39, 0.29) is 5.91 Å². The van der Waals surface area contributed by atoms with Gasteiger partial charge in [-0.05, 0) is 31.7 Å². The van der Waals surface area contributed by atoms with Crippen LogP contribution in [0.25, 0.3) is 0 Å². The van der Waals surface area contributed by atoms with Gasteiger partial charge in [0.2, 0.25) is 11.8 Å². The van der Waals surface area contributed by atoms with Gasteiger partial charge in [-0.3, -0.25) is 9.59 Å². The van der Waals surface area contributed by atoms with Crippen LogP contribution >= 0.6 is 11.8 Å². The molecule has 0 heterocycles. The van der Waals surface area contributed by atoms with Crippen molar-refractivity contribution in [2.75, 3.05) is 27.0 Å². The van der Waals surface area contributed by atoms with E-state index in [4.69, 9.17) is 10.5 Å². The van der Waals surface area contributed by atoms with Crippen molar-refractivity contribution in [1.82, 2.24) is 10.6 Å². The summed E-state index contributed by atoms with van der Waals surface area (Å²) in [6.45, 7) is 1.66. The third kappa shape index (κ3) is 4.87. The first-order valence-electron chi connectivity index (χ1n) is 7.30. The summed E-state index contributed by atoms with van der Waals surface area (Å²) in [7, 11) is 4.81. The molecule has 0 aromatic heterocycles. The highest BCUT2D eigenvalue weighted by Crippen LogP contribution is 2.25. The van der Waals surface area contributed by atoms with E-state index >= 15 is 0 Å². The molecule has 0 saturated carbocycles. The van der Waals surface area contributed by atoms with Gasteiger partial charge < -0.3 is 21.1 Å². The number of hydrogen-bond acceptors (Lipinski definition) is 5. The van der Waals surface area contributed by atoms with E-state index in [1.54, 1.807) is 39.9 Å². The highest BCUT2D eigenvalue weighted by atomic mass is 32.2. The molecule has 0 fully saturated rings. The molecule has 6 nitrogen and oxygen atoms in total. The maximum atomic E-state index is 12.2. The van der Waals surface area contributed by atoms with Crippen molar-refractivity contribution in [3.63, 3.8) is 0 Å². The van der Waals surface area contributed by atoms with Crippen LogP contribution < -0.4 is 21.1 Å². The van der Waals surface area contributed by atoms with Crippen LogP contribution in [0.2, 0.25) is 0 Å². The van der Waals surface area contributed by atoms with Gasteiger partial charge in [0.15, 0.2) is 0 Å². The summed E-state index contributed by atoms with van der Waals surface area (Å²) in [5, 5.41) is 5.50. The van der Waals surface area contributed by atoms with Gasteiger partial charge in [-0.25, -0.2) is 0 Å². The predicted molar refractivity (Wildman–Crippen MR) is 93.4 cm³/mol. The van der Waals surface area contributed by atoms with E-state index in [0.29, 0.717) is 5.75 Å². The molecule has 4 N–H and O–H groups in total. The van der Waals surface area contributed by atoms with E-state index < -0.39 is 17.4 Å². The normalized spacial score (nSPS) is 14.6. The first-order chi connectivity index (χ1) is 10.9. The molecule has 1 aromatic rings. The molecule has 0 radical (unpaired) electrons. The van der Waals surface area contributed by atoms with Crippen LogP contribution in [0.4, 0.5) is 0 Å². The predicted octanol–water partition coefficient (Wildman–Crippen LogP) is 0.754. The Bertz CT molecular complexity index is 536. The summed E-state index contributed by atoms with van der Waals surface area (Å²) in [6, 6.07) is 7.75. The van der Waals surface area contributed by atoms with Gasteiger partial charge in [0.05, 0.1) is 13.0 Å². The number of primary amides is 1. The molecule has 23 heavy (non-hydrogen) atoms. The molecule has 2 amide bonds. The molecule has 2 atom stereocenters. The lowest BCUT2D eigenvalue weighted by Crippen LogP contribution is -2.61. The number of hydrogen-bond donors (Lipinski definition) is 3. The number of nitrogens with two attached hydrogens (primary N) is 1. The van der Waals surface area contributed by atoms with Crippen molar-refractivity contribution >= 4 is 23.6 Å². The number of rotatable bonds is 9. The maximum Gasteiger partial charge on any atom is 0.238 e. The van der Waals surface area contributed by atoms with Crippen molar-refractivity contribution in [3.8, 4) is 5.75 Å². The third-order valence-electron chi connectivity index (χ3n) is 4.00. The van der Waals surface area contributed by atoms with Gasteiger partial charge in [-0.2, -0.15) is 11.8 Å². The Labute approximate surface area is 141 Å². The summed E-state index contributed by atoms with van der Waals surface area (Å²) < 4.78 is 5.12. The first kappa shape index (κ1) is 19.3. The van der Waals surface area contributed by atoms with Gasteiger partial charge in [-0.1, -0.05) is 12.1 Å². The number of ether oxygens (including phenoxy) is 1. The van der Waals surface area contributed by atoms with Gasteiger partial charge in [-0.15, -0.1) is 0 Å². The molecule has 1 unspecified atom stereocenters. The minimum absolute atomic E-state index is 0.206. The second-order valence-electron chi connectivity index (χ2n) is 5.35. The minimum Gasteiger partial charge on any atom is -0.497 e. The topological polar surface area (TPSA) is 93.4 Å². The Morgan fingerprint density at radius 3 is 2.35 bits per heavy atom. The first-order valence-corrected chi connectivity index (χ1v) is 8.45. The number of benzene rings is 1. The summed E-state index contributed by atoms with van der Waals surface area (Å²) in [5.41, 5.74) is 5.52. The largest absolute Gasteiger partial charge is 0.497 e. The summed E-state index contributed by atoms with van der Waals surface area (Å²) in [6.07, 6.45) is 0. The summed E-state index contributed by atoms with van der Waals surface area (Å²) in [5.74, 6) is 0.709. The SMILES string of the molecule is CNC(=O)[C@H](CSCc1ccc(OC)cc1)C(C)(NC)C(N)=O. The molecule has 0 spiro atoms. The quantitative estimate of drug-likeness (QED) is 0.617. The average Bonchev–Trinajstić information content (AvgIpc) is 2.57. The Hall–Kier alpha value is -1.73. The zero-order valence-corrected chi connectivity index (χ0v) is 14.8. The summed E-state index contributed by atoms with van der Waals surface area (Å²) >= 11 is 1.58.